The van der Waals surface area contributed by atoms with Gasteiger partial charge in [-0.3, -0.25) is 14.4 Å². The van der Waals surface area contributed by atoms with Crippen LogP contribution in [0.15, 0.2) is 35.4 Å². The molecule has 5 nitrogen and oxygen atoms in total. The largest absolute Gasteiger partial charge is 0.481 e. The highest BCUT2D eigenvalue weighted by molar-refractivity contribution is 7.99. The summed E-state index contributed by atoms with van der Waals surface area (Å²) < 4.78 is 0. The Bertz CT molecular complexity index is 686. The molecule has 1 N–H and O–H groups in total. The van der Waals surface area contributed by atoms with Crippen molar-refractivity contribution in [2.24, 2.45) is 0 Å². The number of rotatable bonds is 5. The molecule has 0 aliphatic carbocycles. The summed E-state index contributed by atoms with van der Waals surface area (Å²) in [6.07, 6.45) is 1.28. The van der Waals surface area contributed by atoms with Crippen LogP contribution in [0.25, 0.3) is 0 Å². The van der Waals surface area contributed by atoms with Gasteiger partial charge in [0.05, 0.1) is 11.4 Å². The van der Waals surface area contributed by atoms with E-state index in [4.69, 9.17) is 16.7 Å². The van der Waals surface area contributed by atoms with Crippen molar-refractivity contribution in [2.45, 2.75) is 11.8 Å². The second-order valence-corrected chi connectivity index (χ2v) is 6.10. The fraction of sp³-hybridized carbons (Fsp3) is 0.267. The van der Waals surface area contributed by atoms with Gasteiger partial charge in [-0.1, -0.05) is 23.7 Å². The van der Waals surface area contributed by atoms with Crippen molar-refractivity contribution in [1.29, 1.82) is 0 Å². The molecule has 0 spiro atoms. The molecule has 0 radical (unpaired) electrons. The van der Waals surface area contributed by atoms with Crippen LogP contribution in [0.2, 0.25) is 5.02 Å². The molecule has 1 heterocycles. The summed E-state index contributed by atoms with van der Waals surface area (Å²) in [4.78, 5) is 37.4. The molecule has 0 saturated heterocycles. The molecule has 0 aromatic heterocycles. The first-order valence-electron chi connectivity index (χ1n) is 6.42. The molecular formula is C15H14ClNO4S. The van der Waals surface area contributed by atoms with Gasteiger partial charge in [-0.2, -0.15) is 0 Å². The summed E-state index contributed by atoms with van der Waals surface area (Å²) in [6, 6.07) is 6.52. The third-order valence-corrected chi connectivity index (χ3v) is 4.74. The number of hydrogen-bond donors (Lipinski definition) is 1. The van der Waals surface area contributed by atoms with Crippen molar-refractivity contribution in [2.75, 3.05) is 13.3 Å². The first-order valence-corrected chi connectivity index (χ1v) is 8.09. The van der Waals surface area contributed by atoms with E-state index in [-0.39, 0.29) is 21.7 Å². The van der Waals surface area contributed by atoms with Crippen LogP contribution < -0.4 is 0 Å². The van der Waals surface area contributed by atoms with Crippen molar-refractivity contribution in [3.8, 4) is 0 Å². The first-order chi connectivity index (χ1) is 10.4. The van der Waals surface area contributed by atoms with Crippen LogP contribution in [-0.2, 0) is 9.59 Å². The molecular weight excluding hydrogens is 326 g/mol. The number of carbonyl (C=O) groups excluding carboxylic acids is 2. The number of carbonyl (C=O) groups is 3. The van der Waals surface area contributed by atoms with E-state index in [1.54, 1.807) is 37.6 Å². The molecule has 7 heteroatoms. The van der Waals surface area contributed by atoms with Crippen molar-refractivity contribution in [3.63, 3.8) is 0 Å². The molecule has 1 aliphatic rings. The number of ketones is 1. The number of carboxylic acid groups (broad SMARTS) is 1. The van der Waals surface area contributed by atoms with Gasteiger partial charge in [0.25, 0.3) is 5.91 Å². The van der Waals surface area contributed by atoms with Crippen LogP contribution in [0, 0.1) is 0 Å². The van der Waals surface area contributed by atoms with E-state index in [1.165, 1.54) is 16.7 Å². The Kier molecular flexibility index (Phi) is 4.93. The van der Waals surface area contributed by atoms with E-state index in [0.29, 0.717) is 0 Å². The van der Waals surface area contributed by atoms with E-state index >= 15 is 0 Å². The zero-order valence-corrected chi connectivity index (χ0v) is 13.6. The zero-order chi connectivity index (χ0) is 16.4. The zero-order valence-electron chi connectivity index (χ0n) is 12.0. The number of carboxylic acids is 1. The molecule has 2 rings (SSSR count). The Balaban J connectivity index is 2.57. The highest BCUT2D eigenvalue weighted by Crippen LogP contribution is 2.35. The molecule has 1 amide bonds. The van der Waals surface area contributed by atoms with Crippen LogP contribution in [0.1, 0.15) is 16.8 Å². The molecule has 1 aliphatic heterocycles. The van der Waals surface area contributed by atoms with Gasteiger partial charge >= 0.3 is 5.97 Å². The van der Waals surface area contributed by atoms with Gasteiger partial charge in [0.1, 0.15) is 5.37 Å². The van der Waals surface area contributed by atoms with Crippen LogP contribution in [-0.4, -0.2) is 46.3 Å². The van der Waals surface area contributed by atoms with Crippen molar-refractivity contribution >= 4 is 41.0 Å². The Labute approximate surface area is 136 Å². The number of halogens is 1. The third kappa shape index (κ3) is 2.89. The molecule has 1 aromatic rings. The molecule has 0 saturated carbocycles. The number of thioether (sulfide) groups is 1. The fourth-order valence-corrected chi connectivity index (χ4v) is 3.53. The Morgan fingerprint density at radius 2 is 2.00 bits per heavy atom. The fourth-order valence-electron chi connectivity index (χ4n) is 2.41. The quantitative estimate of drug-likeness (QED) is 0.834. The SMILES string of the molecule is CS[C@@H]1C(C(=O)c2ccccc2Cl)=C(CC(=O)O)C(=O)N1C. The van der Waals surface area contributed by atoms with Gasteiger partial charge in [0.15, 0.2) is 5.78 Å². The maximum Gasteiger partial charge on any atom is 0.308 e. The van der Waals surface area contributed by atoms with Crippen LogP contribution in [0.4, 0.5) is 0 Å². The van der Waals surface area contributed by atoms with Gasteiger partial charge in [0, 0.05) is 23.8 Å². The molecule has 22 heavy (non-hydrogen) atoms. The van der Waals surface area contributed by atoms with Crippen molar-refractivity contribution < 1.29 is 19.5 Å². The van der Waals surface area contributed by atoms with E-state index in [1.807, 2.05) is 0 Å². The highest BCUT2D eigenvalue weighted by Gasteiger charge is 2.41. The van der Waals surface area contributed by atoms with Crippen molar-refractivity contribution in [1.82, 2.24) is 4.90 Å². The Hall–Kier alpha value is -1.79. The van der Waals surface area contributed by atoms with Gasteiger partial charge in [-0.05, 0) is 18.4 Å². The molecule has 0 unspecified atom stereocenters. The summed E-state index contributed by atoms with van der Waals surface area (Å²) in [5.74, 6) is -1.99. The summed E-state index contributed by atoms with van der Waals surface area (Å²) in [7, 11) is 1.55. The predicted molar refractivity (Wildman–Crippen MR) is 85.1 cm³/mol. The second kappa shape index (κ2) is 6.54. The van der Waals surface area contributed by atoms with E-state index < -0.39 is 29.5 Å². The monoisotopic (exact) mass is 339 g/mol. The number of benzene rings is 1. The average Bonchev–Trinajstić information content (AvgIpc) is 2.71. The Morgan fingerprint density at radius 3 is 2.55 bits per heavy atom. The minimum absolute atomic E-state index is 0.0271. The lowest BCUT2D eigenvalue weighted by Gasteiger charge is -2.20. The van der Waals surface area contributed by atoms with E-state index in [0.717, 1.165) is 0 Å². The lowest BCUT2D eigenvalue weighted by Crippen LogP contribution is -2.30. The van der Waals surface area contributed by atoms with Gasteiger partial charge in [-0.25, -0.2) is 0 Å². The maximum atomic E-state index is 12.8. The lowest BCUT2D eigenvalue weighted by atomic mass is 9.98. The highest BCUT2D eigenvalue weighted by atomic mass is 35.5. The minimum atomic E-state index is -1.15. The van der Waals surface area contributed by atoms with Crippen molar-refractivity contribution in [3.05, 3.63) is 46.0 Å². The second-order valence-electron chi connectivity index (χ2n) is 4.78. The van der Waals surface area contributed by atoms with Crippen LogP contribution >= 0.6 is 23.4 Å². The molecule has 0 bridgehead atoms. The average molecular weight is 340 g/mol. The number of aliphatic carboxylic acids is 1. The standard InChI is InChI=1S/C15H14ClNO4S/c1-17-14(21)9(7-11(18)19)12(15(17)22-2)13(20)8-5-3-4-6-10(8)16/h3-6,15H,7H2,1-2H3,(H,18,19)/t15-/m1/s1. The number of nitrogens with zero attached hydrogens (tertiary/aromatic N) is 1. The van der Waals surface area contributed by atoms with E-state index in [9.17, 15) is 14.4 Å². The smallest absolute Gasteiger partial charge is 0.308 e. The molecule has 116 valence electrons. The normalized spacial score (nSPS) is 18.0. The first kappa shape index (κ1) is 16.6. The van der Waals surface area contributed by atoms with Crippen LogP contribution in [0.3, 0.4) is 0 Å². The number of hydrogen-bond acceptors (Lipinski definition) is 4. The third-order valence-electron chi connectivity index (χ3n) is 3.42. The van der Waals surface area contributed by atoms with Gasteiger partial charge in [0.2, 0.25) is 0 Å². The summed E-state index contributed by atoms with van der Waals surface area (Å²) >= 11 is 7.35. The summed E-state index contributed by atoms with van der Waals surface area (Å²) in [6.45, 7) is 0. The summed E-state index contributed by atoms with van der Waals surface area (Å²) in [5.41, 5.74) is 0.499. The number of amides is 1. The predicted octanol–water partition coefficient (Wildman–Crippen LogP) is 2.46. The molecule has 1 aromatic carbocycles. The number of likely N-dealkylation sites (N-methyl/N-ethyl adjacent to an activating group) is 1. The molecule has 1 atom stereocenters. The maximum absolute atomic E-state index is 12.8. The topological polar surface area (TPSA) is 74.7 Å². The van der Waals surface area contributed by atoms with E-state index in [2.05, 4.69) is 0 Å². The molecule has 0 fully saturated rings. The Morgan fingerprint density at radius 1 is 1.36 bits per heavy atom. The lowest BCUT2D eigenvalue weighted by molar-refractivity contribution is -0.137. The van der Waals surface area contributed by atoms with Gasteiger partial charge < -0.3 is 10.0 Å². The van der Waals surface area contributed by atoms with Gasteiger partial charge in [-0.15, -0.1) is 11.8 Å². The minimum Gasteiger partial charge on any atom is -0.481 e. The van der Waals surface area contributed by atoms with Crippen LogP contribution in [0.5, 0.6) is 0 Å². The number of Topliss-reactive ketones (excluding diaryl/α,β-unsaturated/α-hetero) is 1. The summed E-state index contributed by atoms with van der Waals surface area (Å²) in [5, 5.41) is 8.78.